The summed E-state index contributed by atoms with van der Waals surface area (Å²) in [6.07, 6.45) is 17.5. The molecule has 1 N–H and O–H groups in total. The van der Waals surface area contributed by atoms with Crippen molar-refractivity contribution in [1.29, 1.82) is 0 Å². The topological polar surface area (TPSA) is 38.7 Å². The fraction of sp³-hybridized carbons (Fsp3) is 1.00. The first-order chi connectivity index (χ1) is 11.2. The Morgan fingerprint density at radius 2 is 1.35 bits per heavy atom. The van der Waals surface area contributed by atoms with Gasteiger partial charge in [0.25, 0.3) is 0 Å². The molecule has 1 heterocycles. The van der Waals surface area contributed by atoms with Crippen LogP contribution in [0, 0.1) is 0 Å². The third kappa shape index (κ3) is 11.1. The molecule has 0 radical (unpaired) electrons. The smallest absolute Gasteiger partial charge is 0.158 e. The molecule has 1 aliphatic heterocycles. The number of aliphatic hydroxyl groups excluding tert-OH is 1. The number of hydrogen-bond acceptors (Lipinski definition) is 3. The van der Waals surface area contributed by atoms with Crippen LogP contribution >= 0.6 is 0 Å². The van der Waals surface area contributed by atoms with E-state index in [1.807, 2.05) is 6.92 Å². The minimum Gasteiger partial charge on any atom is -0.390 e. The molecular weight excluding hydrogens is 288 g/mol. The highest BCUT2D eigenvalue weighted by Crippen LogP contribution is 2.20. The van der Waals surface area contributed by atoms with E-state index in [-0.39, 0.29) is 18.5 Å². The fourth-order valence-electron chi connectivity index (χ4n) is 3.22. The highest BCUT2D eigenvalue weighted by Gasteiger charge is 2.26. The zero-order chi connectivity index (χ0) is 16.8. The second kappa shape index (κ2) is 14.2. The van der Waals surface area contributed by atoms with Crippen LogP contribution in [0.5, 0.6) is 0 Å². The summed E-state index contributed by atoms with van der Waals surface area (Å²) < 4.78 is 11.4. The van der Waals surface area contributed by atoms with Crippen LogP contribution in [0.3, 0.4) is 0 Å². The van der Waals surface area contributed by atoms with Crippen LogP contribution in [0.25, 0.3) is 0 Å². The Hall–Kier alpha value is -0.120. The highest BCUT2D eigenvalue weighted by atomic mass is 16.7. The van der Waals surface area contributed by atoms with Gasteiger partial charge in [-0.1, -0.05) is 77.6 Å². The highest BCUT2D eigenvalue weighted by molar-refractivity contribution is 4.71. The van der Waals surface area contributed by atoms with Crippen molar-refractivity contribution in [1.82, 2.24) is 0 Å². The lowest BCUT2D eigenvalue weighted by atomic mass is 10.1. The number of ether oxygens (including phenoxy) is 2. The monoisotopic (exact) mass is 328 g/mol. The van der Waals surface area contributed by atoms with Gasteiger partial charge in [0, 0.05) is 13.0 Å². The van der Waals surface area contributed by atoms with Gasteiger partial charge in [0.15, 0.2) is 6.29 Å². The van der Waals surface area contributed by atoms with Gasteiger partial charge in [-0.25, -0.2) is 0 Å². The van der Waals surface area contributed by atoms with E-state index in [9.17, 15) is 5.11 Å². The van der Waals surface area contributed by atoms with E-state index in [0.29, 0.717) is 0 Å². The molecule has 1 fully saturated rings. The van der Waals surface area contributed by atoms with Gasteiger partial charge in [-0.2, -0.15) is 0 Å². The lowest BCUT2D eigenvalue weighted by Crippen LogP contribution is -2.38. The summed E-state index contributed by atoms with van der Waals surface area (Å²) in [6, 6.07) is 0. The van der Waals surface area contributed by atoms with E-state index < -0.39 is 0 Å². The molecule has 0 saturated carbocycles. The fourth-order valence-corrected chi connectivity index (χ4v) is 3.22. The van der Waals surface area contributed by atoms with Gasteiger partial charge in [-0.15, -0.1) is 0 Å². The van der Waals surface area contributed by atoms with Crippen LogP contribution in [0.2, 0.25) is 0 Å². The molecule has 1 saturated heterocycles. The lowest BCUT2D eigenvalue weighted by molar-refractivity contribution is -0.217. The lowest BCUT2D eigenvalue weighted by Gasteiger charge is -2.31. The van der Waals surface area contributed by atoms with E-state index in [4.69, 9.17) is 9.47 Å². The van der Waals surface area contributed by atoms with Crippen LogP contribution in [0.15, 0.2) is 0 Å². The summed E-state index contributed by atoms with van der Waals surface area (Å²) in [7, 11) is 0. The summed E-state index contributed by atoms with van der Waals surface area (Å²) in [5, 5.41) is 9.60. The van der Waals surface area contributed by atoms with Crippen LogP contribution in [0.1, 0.15) is 104 Å². The van der Waals surface area contributed by atoms with Crippen molar-refractivity contribution in [3.63, 3.8) is 0 Å². The van der Waals surface area contributed by atoms with E-state index in [0.717, 1.165) is 25.9 Å². The molecule has 0 aromatic rings. The SMILES string of the molecule is CCCCCCCCCCCCCCOC1CCC(O)[C@H](C)O1. The van der Waals surface area contributed by atoms with E-state index in [1.54, 1.807) is 0 Å². The summed E-state index contributed by atoms with van der Waals surface area (Å²) >= 11 is 0. The molecule has 3 atom stereocenters. The Kier molecular flexibility index (Phi) is 13.0. The minimum absolute atomic E-state index is 0.0873. The van der Waals surface area contributed by atoms with E-state index >= 15 is 0 Å². The van der Waals surface area contributed by atoms with Gasteiger partial charge < -0.3 is 14.6 Å². The Balaban J connectivity index is 1.76. The average Bonchev–Trinajstić information content (AvgIpc) is 2.55. The average molecular weight is 329 g/mol. The Morgan fingerprint density at radius 1 is 0.826 bits per heavy atom. The molecule has 0 aromatic heterocycles. The van der Waals surface area contributed by atoms with Crippen molar-refractivity contribution < 1.29 is 14.6 Å². The Bertz CT molecular complexity index is 257. The maximum absolute atomic E-state index is 9.60. The largest absolute Gasteiger partial charge is 0.390 e. The number of rotatable bonds is 14. The van der Waals surface area contributed by atoms with Crippen molar-refractivity contribution in [2.75, 3.05) is 6.61 Å². The Labute approximate surface area is 144 Å². The molecule has 0 aromatic carbocycles. The second-order valence-electron chi connectivity index (χ2n) is 7.18. The predicted octanol–water partition coefficient (Wildman–Crippen LogP) is 5.59. The molecule has 1 rings (SSSR count). The van der Waals surface area contributed by atoms with Crippen LogP contribution in [-0.2, 0) is 9.47 Å². The standard InChI is InChI=1S/C20H40O3/c1-3-4-5-6-7-8-9-10-11-12-13-14-17-22-20-16-15-19(21)18(2)23-20/h18-21H,3-17H2,1-2H3/t18-,19?,20?/m0/s1. The van der Waals surface area contributed by atoms with Gasteiger partial charge in [-0.3, -0.25) is 0 Å². The van der Waals surface area contributed by atoms with Crippen LogP contribution < -0.4 is 0 Å². The van der Waals surface area contributed by atoms with Crippen molar-refractivity contribution >= 4 is 0 Å². The maximum Gasteiger partial charge on any atom is 0.158 e. The molecule has 0 spiro atoms. The first-order valence-electron chi connectivity index (χ1n) is 10.2. The molecular formula is C20H40O3. The normalized spacial score (nSPS) is 24.9. The molecule has 0 aliphatic carbocycles. The molecule has 3 nitrogen and oxygen atoms in total. The van der Waals surface area contributed by atoms with E-state index in [1.165, 1.54) is 70.6 Å². The summed E-state index contributed by atoms with van der Waals surface area (Å²) in [5.41, 5.74) is 0. The third-order valence-corrected chi connectivity index (χ3v) is 4.91. The number of hydrogen-bond donors (Lipinski definition) is 1. The van der Waals surface area contributed by atoms with Crippen molar-refractivity contribution in [2.45, 2.75) is 122 Å². The van der Waals surface area contributed by atoms with Gasteiger partial charge in [0.05, 0.1) is 12.2 Å². The van der Waals surface area contributed by atoms with Gasteiger partial charge in [0.1, 0.15) is 0 Å². The molecule has 138 valence electrons. The van der Waals surface area contributed by atoms with Crippen molar-refractivity contribution in [3.8, 4) is 0 Å². The summed E-state index contributed by atoms with van der Waals surface area (Å²) in [6.45, 7) is 4.99. The summed E-state index contributed by atoms with van der Waals surface area (Å²) in [5.74, 6) is 0. The van der Waals surface area contributed by atoms with Crippen LogP contribution in [0.4, 0.5) is 0 Å². The molecule has 1 aliphatic rings. The van der Waals surface area contributed by atoms with Gasteiger partial charge in [0.2, 0.25) is 0 Å². The third-order valence-electron chi connectivity index (χ3n) is 4.91. The van der Waals surface area contributed by atoms with Gasteiger partial charge in [-0.05, 0) is 19.8 Å². The molecule has 3 heteroatoms. The van der Waals surface area contributed by atoms with Gasteiger partial charge >= 0.3 is 0 Å². The quantitative estimate of drug-likeness (QED) is 0.422. The Morgan fingerprint density at radius 3 is 1.87 bits per heavy atom. The second-order valence-corrected chi connectivity index (χ2v) is 7.18. The maximum atomic E-state index is 9.60. The number of aliphatic hydroxyl groups is 1. The molecule has 23 heavy (non-hydrogen) atoms. The summed E-state index contributed by atoms with van der Waals surface area (Å²) in [4.78, 5) is 0. The number of unbranched alkanes of at least 4 members (excludes halogenated alkanes) is 11. The van der Waals surface area contributed by atoms with Crippen molar-refractivity contribution in [2.24, 2.45) is 0 Å². The molecule has 0 amide bonds. The van der Waals surface area contributed by atoms with E-state index in [2.05, 4.69) is 6.92 Å². The van der Waals surface area contributed by atoms with Crippen molar-refractivity contribution in [3.05, 3.63) is 0 Å². The molecule has 2 unspecified atom stereocenters. The first kappa shape index (κ1) is 20.9. The minimum atomic E-state index is -0.318. The zero-order valence-corrected chi connectivity index (χ0v) is 15.6. The molecule has 0 bridgehead atoms. The van der Waals surface area contributed by atoms with Crippen LogP contribution in [-0.4, -0.2) is 30.2 Å². The predicted molar refractivity (Wildman–Crippen MR) is 96.6 cm³/mol. The zero-order valence-electron chi connectivity index (χ0n) is 15.6. The first-order valence-corrected chi connectivity index (χ1v) is 10.2.